The van der Waals surface area contributed by atoms with Gasteiger partial charge in [-0.3, -0.25) is 0 Å². The smallest absolute Gasteiger partial charge is 0.167 e. The van der Waals surface area contributed by atoms with Gasteiger partial charge in [0, 0.05) is 19.6 Å². The summed E-state index contributed by atoms with van der Waals surface area (Å²) in [5.41, 5.74) is 4.89. The average molecular weight is 532 g/mol. The third kappa shape index (κ3) is 6.53. The molecule has 1 aromatic heterocycles. The first-order valence-electron chi connectivity index (χ1n) is 14.5. The van der Waals surface area contributed by atoms with Crippen LogP contribution in [0.4, 0.5) is 8.78 Å². The minimum Gasteiger partial charge on any atom is -0.313 e. The van der Waals surface area contributed by atoms with E-state index in [1.54, 1.807) is 24.3 Å². The van der Waals surface area contributed by atoms with Crippen LogP contribution < -0.4 is 10.6 Å². The van der Waals surface area contributed by atoms with E-state index in [0.717, 1.165) is 80.6 Å². The fraction of sp³-hybridized carbons (Fsp3) is 0.438. The first-order valence-corrected chi connectivity index (χ1v) is 14.5. The molecule has 0 spiro atoms. The number of nitrogens with one attached hydrogen (secondary N) is 2. The average Bonchev–Trinajstić information content (AvgIpc) is 3.38. The molecule has 0 unspecified atom stereocenters. The van der Waals surface area contributed by atoms with Crippen molar-refractivity contribution < 1.29 is 8.78 Å². The molecule has 39 heavy (non-hydrogen) atoms. The first-order chi connectivity index (χ1) is 19.2. The van der Waals surface area contributed by atoms with Crippen molar-refractivity contribution in [2.75, 3.05) is 26.2 Å². The van der Waals surface area contributed by atoms with Crippen molar-refractivity contribution in [3.05, 3.63) is 71.3 Å². The molecule has 3 heterocycles. The molecular weight excluding hydrogens is 492 g/mol. The lowest BCUT2D eigenvalue weighted by atomic mass is 9.98. The molecule has 0 amide bonds. The summed E-state index contributed by atoms with van der Waals surface area (Å²) in [5.74, 6) is 0.241. The molecule has 2 N–H and O–H groups in total. The van der Waals surface area contributed by atoms with Gasteiger partial charge in [0.1, 0.15) is 11.6 Å². The molecule has 2 aromatic carbocycles. The van der Waals surface area contributed by atoms with Crippen molar-refractivity contribution >= 4 is 11.1 Å². The van der Waals surface area contributed by atoms with Gasteiger partial charge in [-0.25, -0.2) is 8.78 Å². The molecular formula is C32H39F2N5. The Hall–Kier alpha value is -3.16. The lowest BCUT2D eigenvalue weighted by molar-refractivity contribution is 0.558. The van der Waals surface area contributed by atoms with Crippen LogP contribution in [-0.4, -0.2) is 40.9 Å². The van der Waals surface area contributed by atoms with Gasteiger partial charge in [0.25, 0.3) is 0 Å². The predicted octanol–water partition coefficient (Wildman–Crippen LogP) is 7.00. The highest BCUT2D eigenvalue weighted by Gasteiger charge is 2.21. The second kappa shape index (κ2) is 13.3. The van der Waals surface area contributed by atoms with E-state index < -0.39 is 0 Å². The number of hydrogen-bond donors (Lipinski definition) is 2. The summed E-state index contributed by atoms with van der Waals surface area (Å²) < 4.78 is 33.0. The second-order valence-corrected chi connectivity index (χ2v) is 10.5. The monoisotopic (exact) mass is 531 g/mol. The third-order valence-electron chi connectivity index (χ3n) is 7.78. The zero-order valence-corrected chi connectivity index (χ0v) is 22.9. The van der Waals surface area contributed by atoms with Crippen LogP contribution in [0.15, 0.2) is 48.6 Å². The Morgan fingerprint density at radius 3 is 1.69 bits per heavy atom. The zero-order chi connectivity index (χ0) is 27.0. The second-order valence-electron chi connectivity index (χ2n) is 10.5. The first kappa shape index (κ1) is 27.4. The van der Waals surface area contributed by atoms with Crippen LogP contribution in [0.1, 0.15) is 69.4 Å². The van der Waals surface area contributed by atoms with Gasteiger partial charge >= 0.3 is 0 Å². The van der Waals surface area contributed by atoms with Gasteiger partial charge in [-0.2, -0.15) is 0 Å². The molecule has 3 aromatic rings. The molecule has 0 fully saturated rings. The molecule has 0 saturated carbocycles. The Morgan fingerprint density at radius 2 is 1.23 bits per heavy atom. The van der Waals surface area contributed by atoms with Crippen molar-refractivity contribution in [2.24, 2.45) is 0 Å². The topological polar surface area (TPSA) is 54.8 Å². The van der Waals surface area contributed by atoms with Gasteiger partial charge in [-0.1, -0.05) is 63.3 Å². The van der Waals surface area contributed by atoms with E-state index >= 15 is 8.78 Å². The lowest BCUT2D eigenvalue weighted by Crippen LogP contribution is -2.20. The standard InChI is InChI=1S/C32H39F2N5/c1-2-3-4-5-6-7-20-39-31(27-10-8-25(21-29(27)33)23-12-16-35-17-13-23)37-38-32(39)28-11-9-26(22-30(28)34)24-14-18-36-19-15-24/h8-12,14,21-22,35-36H,2-7,13,15-20H2,1H3. The molecule has 7 heteroatoms. The molecule has 2 aliphatic heterocycles. The summed E-state index contributed by atoms with van der Waals surface area (Å²) >= 11 is 0. The Kier molecular flexibility index (Phi) is 9.32. The van der Waals surface area contributed by atoms with Gasteiger partial charge in [-0.05, 0) is 78.9 Å². The maximum Gasteiger partial charge on any atom is 0.167 e. The van der Waals surface area contributed by atoms with Gasteiger partial charge < -0.3 is 15.2 Å². The highest BCUT2D eigenvalue weighted by atomic mass is 19.1. The fourth-order valence-corrected chi connectivity index (χ4v) is 5.53. The van der Waals surface area contributed by atoms with Crippen molar-refractivity contribution in [2.45, 2.75) is 64.8 Å². The highest BCUT2D eigenvalue weighted by molar-refractivity contribution is 5.72. The number of benzene rings is 2. The zero-order valence-electron chi connectivity index (χ0n) is 22.9. The molecule has 0 saturated heterocycles. The van der Waals surface area contributed by atoms with E-state index in [2.05, 4.69) is 39.9 Å². The minimum atomic E-state index is -0.330. The Balaban J connectivity index is 1.46. The van der Waals surface area contributed by atoms with Crippen molar-refractivity contribution in [3.8, 4) is 22.8 Å². The quantitative estimate of drug-likeness (QED) is 0.262. The number of rotatable bonds is 11. The summed E-state index contributed by atoms with van der Waals surface area (Å²) in [7, 11) is 0. The Bertz CT molecular complexity index is 1250. The van der Waals surface area contributed by atoms with E-state index in [1.807, 2.05) is 16.7 Å². The van der Waals surface area contributed by atoms with Crippen molar-refractivity contribution in [1.82, 2.24) is 25.4 Å². The molecule has 5 rings (SSSR count). The summed E-state index contributed by atoms with van der Waals surface area (Å²) in [6.07, 6.45) is 12.7. The maximum absolute atomic E-state index is 15.5. The summed E-state index contributed by atoms with van der Waals surface area (Å²) in [4.78, 5) is 0. The van der Waals surface area contributed by atoms with E-state index in [4.69, 9.17) is 0 Å². The summed E-state index contributed by atoms with van der Waals surface area (Å²) in [6, 6.07) is 10.7. The number of aromatic nitrogens is 3. The summed E-state index contributed by atoms with van der Waals surface area (Å²) in [5, 5.41) is 15.4. The van der Waals surface area contributed by atoms with Crippen LogP contribution in [0.5, 0.6) is 0 Å². The SMILES string of the molecule is CCCCCCCCn1c(-c2ccc(C3=CCNCC3)cc2F)nnc1-c1ccc(C2=CCNCC2)cc1F. The van der Waals surface area contributed by atoms with Crippen LogP contribution in [0.25, 0.3) is 33.9 Å². The molecule has 206 valence electrons. The van der Waals surface area contributed by atoms with Crippen LogP contribution in [0.3, 0.4) is 0 Å². The van der Waals surface area contributed by atoms with E-state index in [9.17, 15) is 0 Å². The van der Waals surface area contributed by atoms with Gasteiger partial charge in [0.05, 0.1) is 11.1 Å². The van der Waals surface area contributed by atoms with E-state index in [0.29, 0.717) is 29.3 Å². The molecule has 0 bridgehead atoms. The highest BCUT2D eigenvalue weighted by Crippen LogP contribution is 2.32. The van der Waals surface area contributed by atoms with Crippen LogP contribution in [-0.2, 0) is 6.54 Å². The molecule has 0 aliphatic carbocycles. The van der Waals surface area contributed by atoms with Gasteiger partial charge in [-0.15, -0.1) is 10.2 Å². The minimum absolute atomic E-state index is 0.330. The lowest BCUT2D eigenvalue weighted by Gasteiger charge is -2.16. The largest absolute Gasteiger partial charge is 0.313 e. The maximum atomic E-state index is 15.5. The number of unbranched alkanes of at least 4 members (excludes halogenated alkanes) is 5. The number of nitrogens with zero attached hydrogens (tertiary/aromatic N) is 3. The number of halogens is 2. The summed E-state index contributed by atoms with van der Waals surface area (Å²) in [6.45, 7) is 6.20. The van der Waals surface area contributed by atoms with Gasteiger partial charge in [0.15, 0.2) is 11.6 Å². The predicted molar refractivity (Wildman–Crippen MR) is 155 cm³/mol. The molecule has 0 atom stereocenters. The van der Waals surface area contributed by atoms with Crippen LogP contribution in [0.2, 0.25) is 0 Å². The Morgan fingerprint density at radius 1 is 0.718 bits per heavy atom. The normalized spacial score (nSPS) is 15.8. The van der Waals surface area contributed by atoms with Crippen LogP contribution >= 0.6 is 0 Å². The third-order valence-corrected chi connectivity index (χ3v) is 7.78. The van der Waals surface area contributed by atoms with Crippen molar-refractivity contribution in [1.29, 1.82) is 0 Å². The fourth-order valence-electron chi connectivity index (χ4n) is 5.53. The van der Waals surface area contributed by atoms with Crippen molar-refractivity contribution in [3.63, 3.8) is 0 Å². The molecule has 2 aliphatic rings. The van der Waals surface area contributed by atoms with E-state index in [-0.39, 0.29) is 11.6 Å². The van der Waals surface area contributed by atoms with E-state index in [1.165, 1.54) is 19.3 Å². The molecule has 5 nitrogen and oxygen atoms in total. The Labute approximate surface area is 230 Å². The van der Waals surface area contributed by atoms with Crippen LogP contribution in [0, 0.1) is 11.6 Å². The number of hydrogen-bond acceptors (Lipinski definition) is 4. The molecule has 0 radical (unpaired) electrons. The van der Waals surface area contributed by atoms with Gasteiger partial charge in [0.2, 0.25) is 0 Å².